The molecule has 5 nitrogen and oxygen atoms in total. The Morgan fingerprint density at radius 1 is 1.23 bits per heavy atom. The van der Waals surface area contributed by atoms with E-state index < -0.39 is 0 Å². The van der Waals surface area contributed by atoms with Crippen LogP contribution >= 0.6 is 11.3 Å². The molecule has 1 fully saturated rings. The summed E-state index contributed by atoms with van der Waals surface area (Å²) in [7, 11) is 0. The lowest BCUT2D eigenvalue weighted by molar-refractivity contribution is 0.0711. The van der Waals surface area contributed by atoms with Crippen molar-refractivity contribution in [3.8, 4) is 0 Å². The van der Waals surface area contributed by atoms with Gasteiger partial charge in [-0.3, -0.25) is 4.79 Å². The fraction of sp³-hybridized carbons (Fsp3) is 0.562. The van der Waals surface area contributed by atoms with Gasteiger partial charge in [0.05, 0.1) is 11.4 Å². The summed E-state index contributed by atoms with van der Waals surface area (Å²) in [6, 6.07) is 2.12. The third-order valence-corrected chi connectivity index (χ3v) is 6.19. The third-order valence-electron chi connectivity index (χ3n) is 4.97. The molecule has 5 rings (SSSR count). The monoisotopic (exact) mass is 314 g/mol. The highest BCUT2D eigenvalue weighted by molar-refractivity contribution is 7.14. The number of nitrogens with zero attached hydrogens (tertiary/aromatic N) is 4. The first-order valence-corrected chi connectivity index (χ1v) is 8.94. The number of carbonyl (C=O) groups excluding carboxylic acids is 1. The highest BCUT2D eigenvalue weighted by Crippen LogP contribution is 2.39. The molecule has 3 heterocycles. The number of rotatable bonds is 2. The number of fused-ring (bicyclic) bond motifs is 2. The highest BCUT2D eigenvalue weighted by atomic mass is 32.1. The summed E-state index contributed by atoms with van der Waals surface area (Å²) in [5.41, 5.74) is 1.39. The van der Waals surface area contributed by atoms with Gasteiger partial charge in [-0.2, -0.15) is 0 Å². The highest BCUT2D eigenvalue weighted by Gasteiger charge is 2.33. The van der Waals surface area contributed by atoms with Crippen LogP contribution in [0.5, 0.6) is 0 Å². The second kappa shape index (κ2) is 4.65. The average Bonchev–Trinajstić information content (AvgIpc) is 2.97. The van der Waals surface area contributed by atoms with Crippen molar-refractivity contribution in [3.63, 3.8) is 0 Å². The van der Waals surface area contributed by atoms with E-state index in [0.29, 0.717) is 12.5 Å². The Morgan fingerprint density at radius 3 is 2.95 bits per heavy atom. The molecular weight excluding hydrogens is 296 g/mol. The summed E-state index contributed by atoms with van der Waals surface area (Å²) in [5.74, 6) is 2.87. The minimum absolute atomic E-state index is 0.168. The maximum atomic E-state index is 12.7. The fourth-order valence-electron chi connectivity index (χ4n) is 3.59. The van der Waals surface area contributed by atoms with Gasteiger partial charge >= 0.3 is 0 Å². The zero-order valence-corrected chi connectivity index (χ0v) is 13.2. The van der Waals surface area contributed by atoms with Crippen LogP contribution in [0.3, 0.4) is 0 Å². The molecule has 2 aliphatic carbocycles. The minimum atomic E-state index is 0.168. The van der Waals surface area contributed by atoms with Gasteiger partial charge in [0, 0.05) is 23.9 Å². The zero-order chi connectivity index (χ0) is 14.7. The Kier molecular flexibility index (Phi) is 2.71. The Morgan fingerprint density at radius 2 is 2.14 bits per heavy atom. The zero-order valence-electron chi connectivity index (χ0n) is 12.4. The van der Waals surface area contributed by atoms with Crippen LogP contribution in [0.1, 0.15) is 56.9 Å². The smallest absolute Gasteiger partial charge is 0.264 e. The molecule has 0 N–H and O–H groups in total. The number of amides is 1. The van der Waals surface area contributed by atoms with Crippen molar-refractivity contribution in [2.75, 3.05) is 6.54 Å². The topological polar surface area (TPSA) is 51.0 Å². The molecule has 0 radical (unpaired) electrons. The molecule has 0 saturated heterocycles. The molecule has 1 amide bonds. The lowest BCUT2D eigenvalue weighted by Crippen LogP contribution is -2.38. The molecule has 0 aromatic carbocycles. The molecule has 1 saturated carbocycles. The van der Waals surface area contributed by atoms with Crippen LogP contribution in [-0.2, 0) is 25.9 Å². The predicted molar refractivity (Wildman–Crippen MR) is 83.1 cm³/mol. The minimum Gasteiger partial charge on any atom is -0.329 e. The summed E-state index contributed by atoms with van der Waals surface area (Å²) in [4.78, 5) is 17.0. The third kappa shape index (κ3) is 1.93. The maximum absolute atomic E-state index is 12.7. The van der Waals surface area contributed by atoms with Crippen molar-refractivity contribution >= 4 is 17.2 Å². The quantitative estimate of drug-likeness (QED) is 0.855. The molecule has 2 aromatic rings. The summed E-state index contributed by atoms with van der Waals surface area (Å²) >= 11 is 1.69. The van der Waals surface area contributed by atoms with Gasteiger partial charge in [-0.15, -0.1) is 21.5 Å². The van der Waals surface area contributed by atoms with Gasteiger partial charge in [0.2, 0.25) is 0 Å². The first-order chi connectivity index (χ1) is 10.8. The Labute approximate surface area is 133 Å². The molecule has 2 aromatic heterocycles. The van der Waals surface area contributed by atoms with E-state index in [0.717, 1.165) is 42.5 Å². The molecule has 0 unspecified atom stereocenters. The largest absolute Gasteiger partial charge is 0.329 e. The number of aromatic nitrogens is 3. The van der Waals surface area contributed by atoms with Gasteiger partial charge in [0.15, 0.2) is 5.82 Å². The predicted octanol–water partition coefficient (Wildman–Crippen LogP) is 2.36. The molecule has 0 atom stereocenters. The second-order valence-electron chi connectivity index (χ2n) is 6.54. The van der Waals surface area contributed by atoms with Crippen LogP contribution < -0.4 is 0 Å². The number of carbonyl (C=O) groups is 1. The molecule has 6 heteroatoms. The Bertz CT molecular complexity index is 737. The van der Waals surface area contributed by atoms with Gasteiger partial charge in [0.25, 0.3) is 5.91 Å². The van der Waals surface area contributed by atoms with E-state index in [1.54, 1.807) is 11.3 Å². The number of aryl methyl sites for hydroxylation is 2. The van der Waals surface area contributed by atoms with Gasteiger partial charge in [-0.25, -0.2) is 0 Å². The van der Waals surface area contributed by atoms with E-state index in [1.165, 1.54) is 29.7 Å². The van der Waals surface area contributed by atoms with Gasteiger partial charge in [-0.1, -0.05) is 0 Å². The second-order valence-corrected chi connectivity index (χ2v) is 7.68. The van der Waals surface area contributed by atoms with Crippen LogP contribution in [-0.4, -0.2) is 32.1 Å². The lowest BCUT2D eigenvalue weighted by Gasteiger charge is -2.27. The number of hydrogen-bond acceptors (Lipinski definition) is 4. The van der Waals surface area contributed by atoms with Crippen molar-refractivity contribution in [3.05, 3.63) is 33.0 Å². The Hall–Kier alpha value is -1.69. The molecule has 1 aliphatic heterocycles. The summed E-state index contributed by atoms with van der Waals surface area (Å²) in [6.07, 6.45) is 6.00. The van der Waals surface area contributed by atoms with Crippen LogP contribution in [0.4, 0.5) is 0 Å². The average molecular weight is 314 g/mol. The fourth-order valence-corrected chi connectivity index (χ4v) is 4.81. The molecule has 0 bridgehead atoms. The molecule has 114 valence electrons. The van der Waals surface area contributed by atoms with E-state index in [2.05, 4.69) is 20.8 Å². The summed E-state index contributed by atoms with van der Waals surface area (Å²) in [5, 5.41) is 8.66. The SMILES string of the molecule is O=C(c1cc2c(s1)CCC2)N1CCn2c(nnc2C2CC2)C1. The summed E-state index contributed by atoms with van der Waals surface area (Å²) in [6.45, 7) is 2.21. The van der Waals surface area contributed by atoms with Gasteiger partial charge < -0.3 is 9.47 Å². The van der Waals surface area contributed by atoms with Crippen LogP contribution in [0, 0.1) is 0 Å². The van der Waals surface area contributed by atoms with Gasteiger partial charge in [0.1, 0.15) is 5.82 Å². The standard InChI is InChI=1S/C16H18N4OS/c21-16(13-8-11-2-1-3-12(11)22-13)19-6-7-20-14(9-19)17-18-15(20)10-4-5-10/h8,10H,1-7,9H2. The van der Waals surface area contributed by atoms with Crippen molar-refractivity contribution < 1.29 is 4.79 Å². The molecular formula is C16H18N4OS. The van der Waals surface area contributed by atoms with E-state index >= 15 is 0 Å². The van der Waals surface area contributed by atoms with E-state index in [1.807, 2.05) is 4.90 Å². The Balaban J connectivity index is 1.38. The first-order valence-electron chi connectivity index (χ1n) is 8.12. The number of hydrogen-bond donors (Lipinski definition) is 0. The first kappa shape index (κ1) is 12.8. The van der Waals surface area contributed by atoms with E-state index in [4.69, 9.17) is 0 Å². The summed E-state index contributed by atoms with van der Waals surface area (Å²) < 4.78 is 2.23. The van der Waals surface area contributed by atoms with Crippen molar-refractivity contribution in [1.29, 1.82) is 0 Å². The van der Waals surface area contributed by atoms with E-state index in [9.17, 15) is 4.79 Å². The van der Waals surface area contributed by atoms with Crippen LogP contribution in [0.25, 0.3) is 0 Å². The van der Waals surface area contributed by atoms with E-state index in [-0.39, 0.29) is 5.91 Å². The molecule has 0 spiro atoms. The van der Waals surface area contributed by atoms with Gasteiger partial charge in [-0.05, 0) is 43.7 Å². The lowest BCUT2D eigenvalue weighted by atomic mass is 10.2. The maximum Gasteiger partial charge on any atom is 0.264 e. The van der Waals surface area contributed by atoms with Crippen molar-refractivity contribution in [2.24, 2.45) is 0 Å². The van der Waals surface area contributed by atoms with Crippen molar-refractivity contribution in [2.45, 2.75) is 51.1 Å². The van der Waals surface area contributed by atoms with Crippen LogP contribution in [0.2, 0.25) is 0 Å². The molecule has 3 aliphatic rings. The van der Waals surface area contributed by atoms with Crippen molar-refractivity contribution in [1.82, 2.24) is 19.7 Å². The normalized spacial score (nSPS) is 20.1. The molecule has 22 heavy (non-hydrogen) atoms. The number of thiophene rings is 1. The van der Waals surface area contributed by atoms with Crippen LogP contribution in [0.15, 0.2) is 6.07 Å².